The number of hydrogen-bond acceptors (Lipinski definition) is 5. The van der Waals surface area contributed by atoms with Crippen LogP contribution >= 0.6 is 0 Å². The first-order valence-electron chi connectivity index (χ1n) is 5.69. The minimum Gasteiger partial charge on any atom is -0.467 e. The molecule has 94 valence electrons. The maximum Gasteiger partial charge on any atom is 0.338 e. The number of esters is 1. The molecule has 0 radical (unpaired) electrons. The summed E-state index contributed by atoms with van der Waals surface area (Å²) in [7, 11) is 1.26. The van der Waals surface area contributed by atoms with E-state index < -0.39 is 11.6 Å². The van der Waals surface area contributed by atoms with E-state index in [9.17, 15) is 9.90 Å². The van der Waals surface area contributed by atoms with Gasteiger partial charge in [-0.3, -0.25) is 0 Å². The Morgan fingerprint density at radius 1 is 1.62 bits per heavy atom. The second-order valence-corrected chi connectivity index (χ2v) is 4.38. The third-order valence-corrected chi connectivity index (χ3v) is 2.74. The molecule has 1 aliphatic heterocycles. The van der Waals surface area contributed by atoms with Gasteiger partial charge in [0, 0.05) is 19.7 Å². The Kier molecular flexibility index (Phi) is 5.18. The normalized spacial score (nSPS) is 24.8. The maximum absolute atomic E-state index is 11.2. The number of methoxy groups -OCH3 is 1. The van der Waals surface area contributed by atoms with E-state index in [2.05, 4.69) is 10.1 Å². The van der Waals surface area contributed by atoms with E-state index in [1.807, 2.05) is 0 Å². The zero-order valence-electron chi connectivity index (χ0n) is 9.99. The van der Waals surface area contributed by atoms with Crippen molar-refractivity contribution >= 4 is 5.97 Å². The van der Waals surface area contributed by atoms with Crippen molar-refractivity contribution in [1.82, 2.24) is 5.32 Å². The van der Waals surface area contributed by atoms with Crippen molar-refractivity contribution in [3.63, 3.8) is 0 Å². The molecule has 1 rings (SSSR count). The molecule has 2 N–H and O–H groups in total. The molecule has 0 spiro atoms. The minimum absolute atomic E-state index is 0.180. The predicted octanol–water partition coefficient (Wildman–Crippen LogP) is 0.0691. The van der Waals surface area contributed by atoms with E-state index in [0.717, 1.165) is 19.4 Å². The highest BCUT2D eigenvalue weighted by molar-refractivity contribution is 5.78. The predicted molar refractivity (Wildman–Crippen MR) is 59.1 cm³/mol. The molecule has 0 aromatic heterocycles. The van der Waals surface area contributed by atoms with Gasteiger partial charge in [0.05, 0.1) is 13.2 Å². The average Bonchev–Trinajstić information content (AvgIpc) is 2.29. The van der Waals surface area contributed by atoms with Crippen molar-refractivity contribution in [1.29, 1.82) is 0 Å². The summed E-state index contributed by atoms with van der Waals surface area (Å²) in [6.45, 7) is 3.08. The summed E-state index contributed by atoms with van der Waals surface area (Å²) >= 11 is 0. The van der Waals surface area contributed by atoms with Gasteiger partial charge in [-0.05, 0) is 26.2 Å². The molecule has 0 aromatic carbocycles. The van der Waals surface area contributed by atoms with Crippen molar-refractivity contribution in [2.24, 2.45) is 0 Å². The molecule has 0 saturated carbocycles. The molecule has 5 nitrogen and oxygen atoms in total. The molecule has 0 amide bonds. The standard InChI is InChI=1S/C11H21NO4/c1-11(14,10(13)15-2)8-12-7-9-5-3-4-6-16-9/h9,12,14H,3-8H2,1-2H3. The summed E-state index contributed by atoms with van der Waals surface area (Å²) in [5.74, 6) is -0.621. The monoisotopic (exact) mass is 231 g/mol. The van der Waals surface area contributed by atoms with Crippen LogP contribution in [0.1, 0.15) is 26.2 Å². The van der Waals surface area contributed by atoms with Crippen LogP contribution in [0.2, 0.25) is 0 Å². The van der Waals surface area contributed by atoms with Crippen molar-refractivity contribution in [3.8, 4) is 0 Å². The topological polar surface area (TPSA) is 67.8 Å². The quantitative estimate of drug-likeness (QED) is 0.655. The lowest BCUT2D eigenvalue weighted by Crippen LogP contribution is -2.47. The third kappa shape index (κ3) is 4.08. The molecule has 2 atom stereocenters. The smallest absolute Gasteiger partial charge is 0.338 e. The molecule has 1 aliphatic rings. The van der Waals surface area contributed by atoms with Crippen LogP contribution in [0.4, 0.5) is 0 Å². The molecular weight excluding hydrogens is 210 g/mol. The summed E-state index contributed by atoms with van der Waals surface area (Å²) in [6.07, 6.45) is 3.53. The largest absolute Gasteiger partial charge is 0.467 e. The van der Waals surface area contributed by atoms with Gasteiger partial charge in [-0.25, -0.2) is 4.79 Å². The fourth-order valence-corrected chi connectivity index (χ4v) is 1.74. The fourth-order valence-electron chi connectivity index (χ4n) is 1.74. The summed E-state index contributed by atoms with van der Waals surface area (Å²) in [4.78, 5) is 11.2. The lowest BCUT2D eigenvalue weighted by molar-refractivity contribution is -0.160. The van der Waals surface area contributed by atoms with Gasteiger partial charge in [-0.1, -0.05) is 0 Å². The number of rotatable bonds is 5. The van der Waals surface area contributed by atoms with Crippen molar-refractivity contribution in [2.75, 3.05) is 26.8 Å². The first-order valence-corrected chi connectivity index (χ1v) is 5.69. The molecule has 16 heavy (non-hydrogen) atoms. The Morgan fingerprint density at radius 3 is 2.94 bits per heavy atom. The molecule has 1 heterocycles. The van der Waals surface area contributed by atoms with Gasteiger partial charge < -0.3 is 19.9 Å². The van der Waals surface area contributed by atoms with Gasteiger partial charge in [0.15, 0.2) is 5.60 Å². The van der Waals surface area contributed by atoms with E-state index in [4.69, 9.17) is 4.74 Å². The summed E-state index contributed by atoms with van der Waals surface area (Å²) < 4.78 is 10.0. The van der Waals surface area contributed by atoms with Crippen LogP contribution < -0.4 is 5.32 Å². The van der Waals surface area contributed by atoms with Crippen LogP contribution in [0.3, 0.4) is 0 Å². The van der Waals surface area contributed by atoms with E-state index >= 15 is 0 Å². The van der Waals surface area contributed by atoms with Gasteiger partial charge in [-0.15, -0.1) is 0 Å². The Balaban J connectivity index is 2.20. The zero-order chi connectivity index (χ0) is 12.0. The Hall–Kier alpha value is -0.650. The number of aliphatic hydroxyl groups is 1. The van der Waals surface area contributed by atoms with Crippen LogP contribution in [0.25, 0.3) is 0 Å². The van der Waals surface area contributed by atoms with Crippen molar-refractivity contribution in [2.45, 2.75) is 37.9 Å². The molecule has 5 heteroatoms. The maximum atomic E-state index is 11.2. The van der Waals surface area contributed by atoms with Gasteiger partial charge in [0.1, 0.15) is 0 Å². The molecule has 1 fully saturated rings. The first-order chi connectivity index (χ1) is 7.56. The second-order valence-electron chi connectivity index (χ2n) is 4.38. The van der Waals surface area contributed by atoms with Gasteiger partial charge >= 0.3 is 5.97 Å². The van der Waals surface area contributed by atoms with Gasteiger partial charge in [-0.2, -0.15) is 0 Å². The van der Waals surface area contributed by atoms with Crippen LogP contribution in [0, 0.1) is 0 Å². The molecule has 0 aromatic rings. The average molecular weight is 231 g/mol. The Bertz CT molecular complexity index is 224. The summed E-state index contributed by atoms with van der Waals surface area (Å²) in [6, 6.07) is 0. The SMILES string of the molecule is COC(=O)C(C)(O)CNCC1CCCCO1. The number of carbonyl (C=O) groups excluding carboxylic acids is 1. The zero-order valence-corrected chi connectivity index (χ0v) is 9.99. The van der Waals surface area contributed by atoms with Crippen LogP contribution in [0.15, 0.2) is 0 Å². The molecule has 1 saturated heterocycles. The summed E-state index contributed by atoms with van der Waals surface area (Å²) in [5, 5.41) is 12.8. The number of hydrogen-bond donors (Lipinski definition) is 2. The number of nitrogens with one attached hydrogen (secondary N) is 1. The van der Waals surface area contributed by atoms with Gasteiger partial charge in [0.2, 0.25) is 0 Å². The molecule has 2 unspecified atom stereocenters. The Morgan fingerprint density at radius 2 is 2.38 bits per heavy atom. The molecular formula is C11H21NO4. The van der Waals surface area contributed by atoms with Crippen molar-refractivity contribution < 1.29 is 19.4 Å². The lowest BCUT2D eigenvalue weighted by Gasteiger charge is -2.25. The molecule has 0 bridgehead atoms. The number of ether oxygens (including phenoxy) is 2. The van der Waals surface area contributed by atoms with Crippen LogP contribution in [0.5, 0.6) is 0 Å². The minimum atomic E-state index is -1.47. The van der Waals surface area contributed by atoms with Crippen LogP contribution in [-0.4, -0.2) is 49.6 Å². The lowest BCUT2D eigenvalue weighted by atomic mass is 10.1. The highest BCUT2D eigenvalue weighted by atomic mass is 16.5. The van der Waals surface area contributed by atoms with Crippen molar-refractivity contribution in [3.05, 3.63) is 0 Å². The first kappa shape index (κ1) is 13.4. The highest BCUT2D eigenvalue weighted by Gasteiger charge is 2.31. The van der Waals surface area contributed by atoms with E-state index in [1.54, 1.807) is 0 Å². The third-order valence-electron chi connectivity index (χ3n) is 2.74. The van der Waals surface area contributed by atoms with Crippen LogP contribution in [-0.2, 0) is 14.3 Å². The second kappa shape index (κ2) is 6.18. The van der Waals surface area contributed by atoms with E-state index in [-0.39, 0.29) is 12.6 Å². The molecule has 0 aliphatic carbocycles. The van der Waals surface area contributed by atoms with E-state index in [1.165, 1.54) is 20.5 Å². The highest BCUT2D eigenvalue weighted by Crippen LogP contribution is 2.12. The number of carbonyl (C=O) groups is 1. The summed E-state index contributed by atoms with van der Waals surface area (Å²) in [5.41, 5.74) is -1.47. The fraction of sp³-hybridized carbons (Fsp3) is 0.909. The van der Waals surface area contributed by atoms with E-state index in [0.29, 0.717) is 6.54 Å². The van der Waals surface area contributed by atoms with Gasteiger partial charge in [0.25, 0.3) is 0 Å². The Labute approximate surface area is 96.1 Å².